The fourth-order valence-corrected chi connectivity index (χ4v) is 3.25. The summed E-state index contributed by atoms with van der Waals surface area (Å²) in [4.78, 5) is 26.2. The first-order chi connectivity index (χ1) is 11.3. The van der Waals surface area contributed by atoms with Crippen molar-refractivity contribution in [1.82, 2.24) is 4.90 Å². The van der Waals surface area contributed by atoms with Crippen LogP contribution in [0.15, 0.2) is 29.6 Å². The molecule has 0 fully saturated rings. The third kappa shape index (κ3) is 3.98. The Morgan fingerprint density at radius 1 is 1.38 bits per heavy atom. The van der Waals surface area contributed by atoms with Gasteiger partial charge in [-0.15, -0.1) is 11.3 Å². The van der Waals surface area contributed by atoms with E-state index < -0.39 is 4.92 Å². The van der Waals surface area contributed by atoms with E-state index in [2.05, 4.69) is 5.32 Å². The first-order valence-electron chi connectivity index (χ1n) is 7.59. The lowest BCUT2D eigenvalue weighted by Crippen LogP contribution is -2.32. The molecule has 2 aromatic rings. The van der Waals surface area contributed by atoms with Gasteiger partial charge in [0.15, 0.2) is 0 Å². The van der Waals surface area contributed by atoms with E-state index in [0.29, 0.717) is 5.56 Å². The zero-order valence-corrected chi connectivity index (χ0v) is 15.0. The Kier molecular flexibility index (Phi) is 5.69. The van der Waals surface area contributed by atoms with E-state index in [-0.39, 0.29) is 29.9 Å². The van der Waals surface area contributed by atoms with Crippen LogP contribution in [0.3, 0.4) is 0 Å². The Morgan fingerprint density at radius 3 is 2.67 bits per heavy atom. The molecule has 0 aliphatic carbocycles. The monoisotopic (exact) mass is 347 g/mol. The molecule has 128 valence electrons. The number of nitro groups is 1. The molecule has 2 rings (SSSR count). The number of aryl methyl sites for hydroxylation is 1. The van der Waals surface area contributed by atoms with Gasteiger partial charge in [0.05, 0.1) is 11.5 Å². The second-order valence-corrected chi connectivity index (χ2v) is 6.79. The normalized spacial score (nSPS) is 12.2. The van der Waals surface area contributed by atoms with Crippen molar-refractivity contribution in [2.75, 3.05) is 18.9 Å². The number of hydrogen-bond donors (Lipinski definition) is 1. The number of carbonyl (C=O) groups is 1. The van der Waals surface area contributed by atoms with Crippen molar-refractivity contribution >= 4 is 28.6 Å². The van der Waals surface area contributed by atoms with E-state index in [0.717, 1.165) is 5.56 Å². The van der Waals surface area contributed by atoms with E-state index in [1.165, 1.54) is 10.9 Å². The minimum absolute atomic E-state index is 0.0830. The number of likely N-dealkylation sites (N-methyl/N-ethyl adjacent to an activating group) is 1. The van der Waals surface area contributed by atoms with Gasteiger partial charge in [-0.2, -0.15) is 0 Å². The minimum atomic E-state index is -0.472. The van der Waals surface area contributed by atoms with Gasteiger partial charge in [-0.3, -0.25) is 19.8 Å². The molecule has 0 bridgehead atoms. The van der Waals surface area contributed by atoms with E-state index >= 15 is 0 Å². The van der Waals surface area contributed by atoms with Gasteiger partial charge in [0.25, 0.3) is 5.69 Å². The summed E-state index contributed by atoms with van der Waals surface area (Å²) in [5.74, 6) is -0.266. The van der Waals surface area contributed by atoms with Crippen molar-refractivity contribution < 1.29 is 9.72 Å². The van der Waals surface area contributed by atoms with Gasteiger partial charge >= 0.3 is 0 Å². The predicted molar refractivity (Wildman–Crippen MR) is 96.6 cm³/mol. The fourth-order valence-electron chi connectivity index (χ4n) is 2.40. The lowest BCUT2D eigenvalue weighted by molar-refractivity contribution is -0.384. The second kappa shape index (κ2) is 7.55. The second-order valence-electron chi connectivity index (χ2n) is 5.81. The summed E-state index contributed by atoms with van der Waals surface area (Å²) < 4.78 is 0. The number of nitro benzene ring substituents is 1. The summed E-state index contributed by atoms with van der Waals surface area (Å²) in [5, 5.41) is 15.9. The van der Waals surface area contributed by atoms with Crippen LogP contribution in [0.4, 0.5) is 11.4 Å². The number of rotatable bonds is 6. The minimum Gasteiger partial charge on any atom is -0.319 e. The Labute approximate surface area is 145 Å². The molecule has 0 aliphatic heterocycles. The maximum Gasteiger partial charge on any atom is 0.293 e. The zero-order chi connectivity index (χ0) is 17.9. The van der Waals surface area contributed by atoms with Crippen LogP contribution in [0.2, 0.25) is 0 Å². The molecule has 1 N–H and O–H groups in total. The van der Waals surface area contributed by atoms with Crippen LogP contribution in [0.5, 0.6) is 0 Å². The van der Waals surface area contributed by atoms with E-state index in [4.69, 9.17) is 0 Å². The van der Waals surface area contributed by atoms with E-state index in [1.807, 2.05) is 43.3 Å². The van der Waals surface area contributed by atoms with E-state index in [9.17, 15) is 14.9 Å². The number of amides is 1. The first kappa shape index (κ1) is 18.1. The van der Waals surface area contributed by atoms with Crippen LogP contribution >= 0.6 is 11.3 Å². The van der Waals surface area contributed by atoms with Gasteiger partial charge in [0.2, 0.25) is 5.91 Å². The third-order valence-electron chi connectivity index (χ3n) is 4.18. The number of carbonyl (C=O) groups excluding carboxylic acids is 1. The number of nitrogens with one attached hydrogen (secondary N) is 1. The number of thiophene rings is 1. The molecular formula is C17H21N3O3S. The number of benzene rings is 1. The largest absolute Gasteiger partial charge is 0.319 e. The SMILES string of the molecule is Cc1ccc([N+](=O)[O-])c(NC(=O)CN(C)C(C)c2cccs2)c1C. The van der Waals surface area contributed by atoms with Crippen molar-refractivity contribution in [1.29, 1.82) is 0 Å². The molecule has 0 radical (unpaired) electrons. The first-order valence-corrected chi connectivity index (χ1v) is 8.47. The highest BCUT2D eigenvalue weighted by Crippen LogP contribution is 2.30. The molecule has 1 aromatic carbocycles. The predicted octanol–water partition coefficient (Wildman–Crippen LogP) is 3.90. The van der Waals surface area contributed by atoms with Gasteiger partial charge in [-0.1, -0.05) is 12.1 Å². The summed E-state index contributed by atoms with van der Waals surface area (Å²) in [5.41, 5.74) is 1.81. The lowest BCUT2D eigenvalue weighted by Gasteiger charge is -2.23. The lowest BCUT2D eigenvalue weighted by atomic mass is 10.1. The van der Waals surface area contributed by atoms with Crippen molar-refractivity contribution in [3.05, 3.63) is 55.8 Å². The molecule has 6 nitrogen and oxygen atoms in total. The summed E-state index contributed by atoms with van der Waals surface area (Å²) in [6.07, 6.45) is 0. The van der Waals surface area contributed by atoms with Crippen molar-refractivity contribution in [3.8, 4) is 0 Å². The molecule has 7 heteroatoms. The third-order valence-corrected chi connectivity index (χ3v) is 5.23. The highest BCUT2D eigenvalue weighted by Gasteiger charge is 2.21. The number of hydrogen-bond acceptors (Lipinski definition) is 5. The quantitative estimate of drug-likeness (QED) is 0.635. The molecule has 1 unspecified atom stereocenters. The summed E-state index contributed by atoms with van der Waals surface area (Å²) in [6.45, 7) is 5.82. The van der Waals surface area contributed by atoms with Gasteiger partial charge in [-0.05, 0) is 50.4 Å². The standard InChI is InChI=1S/C17H21N3O3S/c1-11-7-8-14(20(22)23)17(12(11)2)18-16(21)10-19(4)13(3)15-6-5-9-24-15/h5-9,13H,10H2,1-4H3,(H,18,21). The summed E-state index contributed by atoms with van der Waals surface area (Å²) in [7, 11) is 1.86. The highest BCUT2D eigenvalue weighted by molar-refractivity contribution is 7.10. The maximum atomic E-state index is 12.4. The number of nitrogens with zero attached hydrogens (tertiary/aromatic N) is 2. The van der Waals surface area contributed by atoms with Gasteiger partial charge in [0, 0.05) is 17.0 Å². The van der Waals surface area contributed by atoms with Crippen LogP contribution in [-0.2, 0) is 4.79 Å². The van der Waals surface area contributed by atoms with Crippen LogP contribution < -0.4 is 5.32 Å². The van der Waals surface area contributed by atoms with Crippen molar-refractivity contribution in [2.45, 2.75) is 26.8 Å². The molecule has 24 heavy (non-hydrogen) atoms. The Balaban J connectivity index is 2.12. The van der Waals surface area contributed by atoms with E-state index in [1.54, 1.807) is 24.3 Å². The average molecular weight is 347 g/mol. The van der Waals surface area contributed by atoms with Crippen molar-refractivity contribution in [2.24, 2.45) is 0 Å². The Hall–Kier alpha value is -2.25. The summed E-state index contributed by atoms with van der Waals surface area (Å²) >= 11 is 1.64. The summed E-state index contributed by atoms with van der Waals surface area (Å²) in [6, 6.07) is 7.22. The van der Waals surface area contributed by atoms with Crippen LogP contribution in [-0.4, -0.2) is 29.3 Å². The number of anilines is 1. The smallest absolute Gasteiger partial charge is 0.293 e. The maximum absolute atomic E-state index is 12.4. The highest BCUT2D eigenvalue weighted by atomic mass is 32.1. The molecule has 0 spiro atoms. The molecule has 0 aliphatic rings. The molecule has 0 saturated heterocycles. The fraction of sp³-hybridized carbons (Fsp3) is 0.353. The Morgan fingerprint density at radius 2 is 2.08 bits per heavy atom. The Bertz CT molecular complexity index is 744. The van der Waals surface area contributed by atoms with Gasteiger partial charge < -0.3 is 5.32 Å². The molecule has 1 aromatic heterocycles. The molecule has 1 atom stereocenters. The molecule has 1 amide bonds. The average Bonchev–Trinajstić information content (AvgIpc) is 3.05. The van der Waals surface area contributed by atoms with Gasteiger partial charge in [0.1, 0.15) is 5.69 Å². The molecule has 0 saturated carbocycles. The van der Waals surface area contributed by atoms with Crippen LogP contribution in [0, 0.1) is 24.0 Å². The van der Waals surface area contributed by atoms with Crippen molar-refractivity contribution in [3.63, 3.8) is 0 Å². The molecular weight excluding hydrogens is 326 g/mol. The zero-order valence-electron chi connectivity index (χ0n) is 14.2. The van der Waals surface area contributed by atoms with Crippen LogP contribution in [0.25, 0.3) is 0 Å². The topological polar surface area (TPSA) is 75.5 Å². The van der Waals surface area contributed by atoms with Crippen LogP contribution in [0.1, 0.15) is 29.0 Å². The molecule has 1 heterocycles. The van der Waals surface area contributed by atoms with Gasteiger partial charge in [-0.25, -0.2) is 0 Å².